The minimum absolute atomic E-state index is 0.0388. The van der Waals surface area contributed by atoms with E-state index in [2.05, 4.69) is 33.8 Å². The van der Waals surface area contributed by atoms with Crippen molar-refractivity contribution in [3.63, 3.8) is 0 Å². The van der Waals surface area contributed by atoms with E-state index in [1.54, 1.807) is 11.3 Å². The number of carbonyl (C=O) groups is 1. The zero-order valence-corrected chi connectivity index (χ0v) is 15.4. The monoisotopic (exact) mass is 367 g/mol. The molecule has 0 fully saturated rings. The molecule has 2 aromatic heterocycles. The minimum Gasteiger partial charge on any atom is -0.441 e. The first kappa shape index (κ1) is 17.0. The van der Waals surface area contributed by atoms with Crippen LogP contribution in [-0.4, -0.2) is 24.0 Å². The van der Waals surface area contributed by atoms with Gasteiger partial charge in [0, 0.05) is 23.5 Å². The van der Waals surface area contributed by atoms with Crippen LogP contribution in [0.25, 0.3) is 11.5 Å². The van der Waals surface area contributed by atoms with Crippen LogP contribution in [0.5, 0.6) is 0 Å². The topological polar surface area (TPSA) is 67.2 Å². The van der Waals surface area contributed by atoms with Crippen molar-refractivity contribution in [2.45, 2.75) is 25.8 Å². The van der Waals surface area contributed by atoms with Gasteiger partial charge in [-0.05, 0) is 42.5 Å². The number of carbonyl (C=O) groups excluding carboxylic acids is 1. The van der Waals surface area contributed by atoms with E-state index in [0.29, 0.717) is 23.9 Å². The fourth-order valence-corrected chi connectivity index (χ4v) is 3.94. The Kier molecular flexibility index (Phi) is 4.86. The summed E-state index contributed by atoms with van der Waals surface area (Å²) in [4.78, 5) is 16.9. The number of hydrogen-bond acceptors (Lipinski definition) is 5. The summed E-state index contributed by atoms with van der Waals surface area (Å²) in [5.41, 5.74) is 4.28. The number of nitrogens with one attached hydrogen (secondary N) is 2. The number of amides is 1. The Morgan fingerprint density at radius 1 is 1.38 bits per heavy atom. The van der Waals surface area contributed by atoms with Crippen molar-refractivity contribution in [1.82, 2.24) is 15.6 Å². The van der Waals surface area contributed by atoms with Crippen molar-refractivity contribution in [1.29, 1.82) is 0 Å². The van der Waals surface area contributed by atoms with E-state index in [4.69, 9.17) is 4.42 Å². The second-order valence-corrected chi connectivity index (χ2v) is 7.25. The summed E-state index contributed by atoms with van der Waals surface area (Å²) in [6.07, 6.45) is 1.26. The molecule has 0 saturated carbocycles. The lowest BCUT2D eigenvalue weighted by Crippen LogP contribution is -2.39. The standard InChI is InChI=1S/C20H21N3O2S/c1-13-17(23-20(25-13)15-7-9-26-12-15)10-19(24)22-11-18-16-5-3-2-4-14(16)6-8-21-18/h2-5,7,9,12,18,21H,6,8,10-11H2,1H3,(H,22,24). The van der Waals surface area contributed by atoms with E-state index in [1.165, 1.54) is 11.1 Å². The number of aryl methyl sites for hydroxylation is 1. The van der Waals surface area contributed by atoms with Crippen molar-refractivity contribution in [2.75, 3.05) is 13.1 Å². The number of aromatic nitrogens is 1. The number of nitrogens with zero attached hydrogens (tertiary/aromatic N) is 1. The summed E-state index contributed by atoms with van der Waals surface area (Å²) >= 11 is 1.60. The molecule has 5 nitrogen and oxygen atoms in total. The first-order chi connectivity index (χ1) is 12.7. The van der Waals surface area contributed by atoms with Crippen molar-refractivity contribution < 1.29 is 9.21 Å². The maximum absolute atomic E-state index is 12.4. The van der Waals surface area contributed by atoms with Crippen molar-refractivity contribution in [3.8, 4) is 11.5 Å². The normalized spacial score (nSPS) is 16.3. The predicted molar refractivity (Wildman–Crippen MR) is 102 cm³/mol. The van der Waals surface area contributed by atoms with Crippen LogP contribution in [0.1, 0.15) is 28.6 Å². The number of fused-ring (bicyclic) bond motifs is 1. The first-order valence-electron chi connectivity index (χ1n) is 8.77. The van der Waals surface area contributed by atoms with Gasteiger partial charge in [-0.25, -0.2) is 4.98 Å². The number of benzene rings is 1. The highest BCUT2D eigenvalue weighted by Crippen LogP contribution is 2.24. The largest absolute Gasteiger partial charge is 0.441 e. The fourth-order valence-electron chi connectivity index (χ4n) is 3.31. The van der Waals surface area contributed by atoms with E-state index in [9.17, 15) is 4.79 Å². The maximum Gasteiger partial charge on any atom is 0.227 e. The lowest BCUT2D eigenvalue weighted by atomic mass is 9.94. The third kappa shape index (κ3) is 3.57. The van der Waals surface area contributed by atoms with Crippen LogP contribution in [-0.2, 0) is 17.6 Å². The second kappa shape index (κ2) is 7.43. The van der Waals surface area contributed by atoms with Crippen LogP contribution < -0.4 is 10.6 Å². The lowest BCUT2D eigenvalue weighted by Gasteiger charge is -2.27. The Morgan fingerprint density at radius 2 is 2.27 bits per heavy atom. The minimum atomic E-state index is -0.0388. The quantitative estimate of drug-likeness (QED) is 0.726. The van der Waals surface area contributed by atoms with Gasteiger partial charge in [-0.1, -0.05) is 24.3 Å². The summed E-state index contributed by atoms with van der Waals surface area (Å²) in [6.45, 7) is 3.36. The summed E-state index contributed by atoms with van der Waals surface area (Å²) < 4.78 is 5.70. The molecule has 1 aliphatic rings. The van der Waals surface area contributed by atoms with Crippen molar-refractivity contribution in [2.24, 2.45) is 0 Å². The number of hydrogen-bond donors (Lipinski definition) is 2. The molecule has 3 heterocycles. The molecule has 0 spiro atoms. The van der Waals surface area contributed by atoms with Crippen LogP contribution in [0, 0.1) is 6.92 Å². The van der Waals surface area contributed by atoms with Gasteiger partial charge in [0.15, 0.2) is 0 Å². The molecule has 0 aliphatic carbocycles. The highest BCUT2D eigenvalue weighted by molar-refractivity contribution is 7.08. The molecular formula is C20H21N3O2S. The average Bonchev–Trinajstić information content (AvgIpc) is 3.30. The smallest absolute Gasteiger partial charge is 0.227 e. The Bertz CT molecular complexity index is 902. The second-order valence-electron chi connectivity index (χ2n) is 6.47. The molecule has 2 N–H and O–H groups in total. The van der Waals surface area contributed by atoms with E-state index < -0.39 is 0 Å². The Hall–Kier alpha value is -2.44. The van der Waals surface area contributed by atoms with Crippen molar-refractivity contribution >= 4 is 17.2 Å². The molecule has 1 aromatic carbocycles. The molecular weight excluding hydrogens is 346 g/mol. The molecule has 4 rings (SSSR count). The SMILES string of the molecule is Cc1oc(-c2ccsc2)nc1CC(=O)NCC1NCCc2ccccc21. The third-order valence-electron chi connectivity index (χ3n) is 4.71. The zero-order chi connectivity index (χ0) is 17.9. The Balaban J connectivity index is 1.38. The van der Waals surface area contributed by atoms with Crippen LogP contribution in [0.3, 0.4) is 0 Å². The highest BCUT2D eigenvalue weighted by atomic mass is 32.1. The van der Waals surface area contributed by atoms with Crippen LogP contribution >= 0.6 is 11.3 Å². The van der Waals surface area contributed by atoms with Gasteiger partial charge in [0.25, 0.3) is 0 Å². The van der Waals surface area contributed by atoms with Gasteiger partial charge in [0.2, 0.25) is 11.8 Å². The van der Waals surface area contributed by atoms with E-state index in [-0.39, 0.29) is 18.4 Å². The number of thiophene rings is 1. The molecule has 1 unspecified atom stereocenters. The van der Waals surface area contributed by atoms with Crippen LogP contribution in [0.2, 0.25) is 0 Å². The van der Waals surface area contributed by atoms with Gasteiger partial charge in [-0.2, -0.15) is 11.3 Å². The molecule has 0 bridgehead atoms. The van der Waals surface area contributed by atoms with Crippen molar-refractivity contribution in [3.05, 3.63) is 63.7 Å². The molecule has 1 atom stereocenters. The molecule has 1 amide bonds. The van der Waals surface area contributed by atoms with Gasteiger partial charge >= 0.3 is 0 Å². The summed E-state index contributed by atoms with van der Waals surface area (Å²) in [6, 6.07) is 10.5. The van der Waals surface area contributed by atoms with Gasteiger partial charge in [-0.15, -0.1) is 0 Å². The molecule has 0 saturated heterocycles. The lowest BCUT2D eigenvalue weighted by molar-refractivity contribution is -0.120. The summed E-state index contributed by atoms with van der Waals surface area (Å²) in [5.74, 6) is 1.24. The maximum atomic E-state index is 12.4. The predicted octanol–water partition coefficient (Wildman–Crippen LogP) is 3.26. The fraction of sp³-hybridized carbons (Fsp3) is 0.300. The zero-order valence-electron chi connectivity index (χ0n) is 14.6. The van der Waals surface area contributed by atoms with Crippen LogP contribution in [0.4, 0.5) is 0 Å². The Morgan fingerprint density at radius 3 is 3.12 bits per heavy atom. The molecule has 0 radical (unpaired) electrons. The van der Waals surface area contributed by atoms with Gasteiger partial charge in [0.05, 0.1) is 12.1 Å². The molecule has 6 heteroatoms. The molecule has 134 valence electrons. The molecule has 1 aliphatic heterocycles. The van der Waals surface area contributed by atoms with Gasteiger partial charge in [-0.3, -0.25) is 4.79 Å². The summed E-state index contributed by atoms with van der Waals surface area (Å²) in [5, 5.41) is 10.5. The van der Waals surface area contributed by atoms with Gasteiger partial charge in [0.1, 0.15) is 5.76 Å². The van der Waals surface area contributed by atoms with E-state index in [0.717, 1.165) is 18.5 Å². The van der Waals surface area contributed by atoms with Gasteiger partial charge < -0.3 is 15.1 Å². The third-order valence-corrected chi connectivity index (χ3v) is 5.39. The van der Waals surface area contributed by atoms with E-state index in [1.807, 2.05) is 29.8 Å². The first-order valence-corrected chi connectivity index (χ1v) is 9.72. The Labute approximate surface area is 156 Å². The van der Waals surface area contributed by atoms with Crippen LogP contribution in [0.15, 0.2) is 45.5 Å². The van der Waals surface area contributed by atoms with E-state index >= 15 is 0 Å². The number of rotatable bonds is 5. The average molecular weight is 367 g/mol. The number of oxazole rings is 1. The summed E-state index contributed by atoms with van der Waals surface area (Å²) in [7, 11) is 0. The molecule has 3 aromatic rings. The highest BCUT2D eigenvalue weighted by Gasteiger charge is 2.20. The molecule has 26 heavy (non-hydrogen) atoms.